The molecule has 0 saturated carbocycles. The van der Waals surface area contributed by atoms with E-state index in [0.29, 0.717) is 10.6 Å². The summed E-state index contributed by atoms with van der Waals surface area (Å²) in [4.78, 5) is 0.637. The Labute approximate surface area is 79.8 Å². The Bertz CT molecular complexity index is 347. The van der Waals surface area contributed by atoms with Gasteiger partial charge in [-0.2, -0.15) is 0 Å². The zero-order valence-electron chi connectivity index (χ0n) is 7.83. The predicted octanol–water partition coefficient (Wildman–Crippen LogP) is 1.45. The first kappa shape index (κ1) is 10.1. The molecule has 0 aliphatic carbocycles. The molecule has 0 aliphatic heterocycles. The van der Waals surface area contributed by atoms with Gasteiger partial charge in [0.2, 0.25) is 0 Å². The van der Waals surface area contributed by atoms with Crippen LogP contribution in [0, 0.1) is 6.92 Å². The van der Waals surface area contributed by atoms with Gasteiger partial charge in [0.25, 0.3) is 0 Å². The quantitative estimate of drug-likeness (QED) is 0.786. The molecule has 72 valence electrons. The molecule has 0 saturated heterocycles. The van der Waals surface area contributed by atoms with Gasteiger partial charge in [-0.15, -0.1) is 0 Å². The molecule has 0 spiro atoms. The highest BCUT2D eigenvalue weighted by atomic mass is 32.2. The Morgan fingerprint density at radius 2 is 2.08 bits per heavy atom. The first-order valence-electron chi connectivity index (χ1n) is 3.77. The molecule has 13 heavy (non-hydrogen) atoms. The molecule has 0 heterocycles. The van der Waals surface area contributed by atoms with Crippen molar-refractivity contribution in [2.75, 3.05) is 13.4 Å². The van der Waals surface area contributed by atoms with Gasteiger partial charge in [-0.3, -0.25) is 4.21 Å². The van der Waals surface area contributed by atoms with Crippen molar-refractivity contribution in [2.24, 2.45) is 0 Å². The number of phenolic OH excluding ortho intramolecular Hbond substituents is 1. The van der Waals surface area contributed by atoms with E-state index < -0.39 is 10.8 Å². The van der Waals surface area contributed by atoms with E-state index in [1.165, 1.54) is 13.2 Å². The van der Waals surface area contributed by atoms with Crippen molar-refractivity contribution in [3.05, 3.63) is 17.7 Å². The van der Waals surface area contributed by atoms with Gasteiger partial charge in [-0.25, -0.2) is 0 Å². The largest absolute Gasteiger partial charge is 0.504 e. The normalized spacial score (nSPS) is 12.5. The molecule has 1 rings (SSSR count). The first-order chi connectivity index (χ1) is 6.06. The fourth-order valence-corrected chi connectivity index (χ4v) is 1.91. The SMILES string of the molecule is COc1cc(C)c([S@](C)=O)cc1O. The van der Waals surface area contributed by atoms with E-state index in [-0.39, 0.29) is 5.75 Å². The van der Waals surface area contributed by atoms with Gasteiger partial charge in [-0.05, 0) is 18.6 Å². The number of aromatic hydroxyl groups is 1. The van der Waals surface area contributed by atoms with Gasteiger partial charge < -0.3 is 9.84 Å². The summed E-state index contributed by atoms with van der Waals surface area (Å²) < 4.78 is 16.1. The van der Waals surface area contributed by atoms with Crippen LogP contribution in [0.2, 0.25) is 0 Å². The van der Waals surface area contributed by atoms with Crippen molar-refractivity contribution in [2.45, 2.75) is 11.8 Å². The third-order valence-electron chi connectivity index (χ3n) is 1.79. The van der Waals surface area contributed by atoms with Crippen LogP contribution in [0.1, 0.15) is 5.56 Å². The number of rotatable bonds is 2. The number of hydrogen-bond donors (Lipinski definition) is 1. The lowest BCUT2D eigenvalue weighted by Crippen LogP contribution is -1.93. The van der Waals surface area contributed by atoms with Crippen LogP contribution in [0.25, 0.3) is 0 Å². The second-order valence-electron chi connectivity index (χ2n) is 2.74. The third kappa shape index (κ3) is 2.01. The van der Waals surface area contributed by atoms with E-state index in [1.807, 2.05) is 6.92 Å². The molecule has 0 bridgehead atoms. The Kier molecular flexibility index (Phi) is 2.93. The Morgan fingerprint density at radius 3 is 2.54 bits per heavy atom. The van der Waals surface area contributed by atoms with Crippen molar-refractivity contribution in [1.82, 2.24) is 0 Å². The van der Waals surface area contributed by atoms with Gasteiger partial charge in [0.05, 0.1) is 17.9 Å². The Hall–Kier alpha value is -1.03. The lowest BCUT2D eigenvalue weighted by atomic mass is 10.2. The highest BCUT2D eigenvalue weighted by molar-refractivity contribution is 7.84. The summed E-state index contributed by atoms with van der Waals surface area (Å²) in [7, 11) is 0.407. The standard InChI is InChI=1S/C9H12O3S/c1-6-4-8(12-2)7(10)5-9(6)13(3)11/h4-5,10H,1-3H3/t13-/m0/s1. The van der Waals surface area contributed by atoms with Gasteiger partial charge in [-0.1, -0.05) is 0 Å². The van der Waals surface area contributed by atoms with E-state index in [2.05, 4.69) is 0 Å². The second-order valence-corrected chi connectivity index (χ2v) is 4.09. The molecule has 3 nitrogen and oxygen atoms in total. The molecule has 1 aromatic carbocycles. The zero-order chi connectivity index (χ0) is 10.0. The summed E-state index contributed by atoms with van der Waals surface area (Å²) in [5.74, 6) is 0.435. The maximum absolute atomic E-state index is 11.2. The lowest BCUT2D eigenvalue weighted by molar-refractivity contribution is 0.372. The summed E-state index contributed by atoms with van der Waals surface area (Å²) in [6.07, 6.45) is 1.58. The van der Waals surface area contributed by atoms with E-state index in [4.69, 9.17) is 4.74 Å². The molecule has 0 radical (unpaired) electrons. The van der Waals surface area contributed by atoms with Crippen LogP contribution in [-0.4, -0.2) is 22.7 Å². The van der Waals surface area contributed by atoms with Crippen LogP contribution in [-0.2, 0) is 10.8 Å². The molecular formula is C9H12O3S. The summed E-state index contributed by atoms with van der Waals surface area (Å²) >= 11 is 0. The van der Waals surface area contributed by atoms with Crippen LogP contribution in [0.3, 0.4) is 0 Å². The maximum atomic E-state index is 11.2. The number of hydrogen-bond acceptors (Lipinski definition) is 3. The van der Waals surface area contributed by atoms with Crippen LogP contribution in [0.15, 0.2) is 17.0 Å². The van der Waals surface area contributed by atoms with Gasteiger partial charge in [0.1, 0.15) is 0 Å². The number of methoxy groups -OCH3 is 1. The predicted molar refractivity (Wildman–Crippen MR) is 51.7 cm³/mol. The van der Waals surface area contributed by atoms with Crippen molar-refractivity contribution >= 4 is 10.8 Å². The van der Waals surface area contributed by atoms with E-state index in [9.17, 15) is 9.32 Å². The molecule has 0 unspecified atom stereocenters. The topological polar surface area (TPSA) is 46.5 Å². The summed E-state index contributed by atoms with van der Waals surface area (Å²) in [6, 6.07) is 3.15. The van der Waals surface area contributed by atoms with E-state index in [1.54, 1.807) is 12.3 Å². The van der Waals surface area contributed by atoms with Crippen molar-refractivity contribution in [3.63, 3.8) is 0 Å². The number of benzene rings is 1. The molecule has 1 N–H and O–H groups in total. The summed E-state index contributed by atoms with van der Waals surface area (Å²) in [5.41, 5.74) is 0.857. The number of ether oxygens (including phenoxy) is 1. The zero-order valence-corrected chi connectivity index (χ0v) is 8.64. The monoisotopic (exact) mass is 200 g/mol. The molecule has 0 amide bonds. The molecular weight excluding hydrogens is 188 g/mol. The van der Waals surface area contributed by atoms with Crippen LogP contribution >= 0.6 is 0 Å². The minimum Gasteiger partial charge on any atom is -0.504 e. The smallest absolute Gasteiger partial charge is 0.160 e. The minimum atomic E-state index is -1.08. The molecule has 1 atom stereocenters. The molecule has 0 aliphatic rings. The molecule has 0 fully saturated rings. The van der Waals surface area contributed by atoms with Gasteiger partial charge in [0, 0.05) is 17.2 Å². The summed E-state index contributed by atoms with van der Waals surface area (Å²) in [5, 5.41) is 9.41. The van der Waals surface area contributed by atoms with E-state index in [0.717, 1.165) is 5.56 Å². The molecule has 0 aromatic heterocycles. The Morgan fingerprint density at radius 1 is 1.46 bits per heavy atom. The third-order valence-corrected chi connectivity index (χ3v) is 2.85. The lowest BCUT2D eigenvalue weighted by Gasteiger charge is -2.07. The molecule has 1 aromatic rings. The van der Waals surface area contributed by atoms with Crippen molar-refractivity contribution in [3.8, 4) is 11.5 Å². The van der Waals surface area contributed by atoms with Crippen LogP contribution < -0.4 is 4.74 Å². The molecule has 4 heteroatoms. The average Bonchev–Trinajstić information content (AvgIpc) is 2.07. The van der Waals surface area contributed by atoms with Gasteiger partial charge in [0.15, 0.2) is 11.5 Å². The first-order valence-corrected chi connectivity index (χ1v) is 5.33. The second kappa shape index (κ2) is 3.79. The van der Waals surface area contributed by atoms with Crippen LogP contribution in [0.4, 0.5) is 0 Å². The minimum absolute atomic E-state index is 0.0262. The highest BCUT2D eigenvalue weighted by Crippen LogP contribution is 2.30. The number of aryl methyl sites for hydroxylation is 1. The van der Waals surface area contributed by atoms with Gasteiger partial charge >= 0.3 is 0 Å². The van der Waals surface area contributed by atoms with Crippen LogP contribution in [0.5, 0.6) is 11.5 Å². The fourth-order valence-electron chi connectivity index (χ4n) is 1.12. The number of phenols is 1. The highest BCUT2D eigenvalue weighted by Gasteiger charge is 2.08. The summed E-state index contributed by atoms with van der Waals surface area (Å²) in [6.45, 7) is 1.83. The van der Waals surface area contributed by atoms with E-state index >= 15 is 0 Å². The fraction of sp³-hybridized carbons (Fsp3) is 0.333. The average molecular weight is 200 g/mol. The Balaban J connectivity index is 3.28. The van der Waals surface area contributed by atoms with Crippen molar-refractivity contribution < 1.29 is 14.1 Å². The van der Waals surface area contributed by atoms with Crippen molar-refractivity contribution in [1.29, 1.82) is 0 Å². The maximum Gasteiger partial charge on any atom is 0.160 e.